The molecule has 1 heterocycles. The summed E-state index contributed by atoms with van der Waals surface area (Å²) in [4.78, 5) is 66.6. The summed E-state index contributed by atoms with van der Waals surface area (Å²) in [6, 6.07) is 8.53. The zero-order valence-corrected chi connectivity index (χ0v) is 29.1. The number of hydrogen-bond donors (Lipinski definition) is 0. The molecule has 2 bridgehead atoms. The predicted octanol–water partition coefficient (Wildman–Crippen LogP) is 4.83. The van der Waals surface area contributed by atoms with E-state index < -0.39 is 88.6 Å². The van der Waals surface area contributed by atoms with Crippen molar-refractivity contribution in [3.05, 3.63) is 35.9 Å². The molecule has 6 rings (SSSR count). The summed E-state index contributed by atoms with van der Waals surface area (Å²) in [6.45, 7) is 13.9. The van der Waals surface area contributed by atoms with Gasteiger partial charge in [0.05, 0.1) is 23.5 Å². The second-order valence-electron chi connectivity index (χ2n) is 15.5. The van der Waals surface area contributed by atoms with Gasteiger partial charge >= 0.3 is 29.8 Å². The van der Waals surface area contributed by atoms with Gasteiger partial charge in [0.2, 0.25) is 0 Å². The van der Waals surface area contributed by atoms with Gasteiger partial charge < -0.3 is 28.4 Å². The van der Waals surface area contributed by atoms with Crippen molar-refractivity contribution >= 4 is 29.8 Å². The molecule has 1 aromatic carbocycles. The molecule has 1 saturated heterocycles. The number of ether oxygens (including phenoxy) is 6. The Hall–Kier alpha value is -3.47. The van der Waals surface area contributed by atoms with E-state index in [0.29, 0.717) is 18.4 Å². The van der Waals surface area contributed by atoms with Crippen LogP contribution in [0.4, 0.5) is 0 Å². The smallest absolute Gasteiger partial charge is 0.338 e. The Kier molecular flexibility index (Phi) is 8.49. The van der Waals surface area contributed by atoms with Crippen molar-refractivity contribution in [2.45, 2.75) is 117 Å². The zero-order valence-electron chi connectivity index (χ0n) is 29.1. The predicted molar refractivity (Wildman–Crippen MR) is 169 cm³/mol. The summed E-state index contributed by atoms with van der Waals surface area (Å²) < 4.78 is 38.7. The molecule has 0 radical (unpaired) electrons. The van der Waals surface area contributed by atoms with Crippen LogP contribution in [0.3, 0.4) is 0 Å². The monoisotopic (exact) mass is 668 g/mol. The number of rotatable bonds is 8. The van der Waals surface area contributed by atoms with Gasteiger partial charge in [0.1, 0.15) is 23.9 Å². The van der Waals surface area contributed by atoms with E-state index in [1.165, 1.54) is 20.8 Å². The van der Waals surface area contributed by atoms with E-state index in [0.717, 1.165) is 0 Å². The van der Waals surface area contributed by atoms with E-state index >= 15 is 0 Å². The molecule has 11 nitrogen and oxygen atoms in total. The van der Waals surface area contributed by atoms with Crippen LogP contribution in [0.2, 0.25) is 0 Å². The molecule has 11 heteroatoms. The summed E-state index contributed by atoms with van der Waals surface area (Å²) in [5, 5.41) is 0. The Morgan fingerprint density at radius 1 is 0.875 bits per heavy atom. The summed E-state index contributed by atoms with van der Waals surface area (Å²) in [6.07, 6.45) is -2.63. The van der Waals surface area contributed by atoms with E-state index in [1.807, 2.05) is 20.8 Å². The molecule has 0 unspecified atom stereocenters. The number of fused-ring (bicyclic) bond motifs is 2. The highest BCUT2D eigenvalue weighted by molar-refractivity contribution is 5.89. The van der Waals surface area contributed by atoms with Crippen molar-refractivity contribution < 1.29 is 52.4 Å². The standard InChI is InChI=1S/C37H48O11/c1-9-13-26(41)46-29-19(2)17-37(48-22(5)40)28(29)31(45-21(4)39)36-18-43-35(8,33(37)47-32(42)23-14-11-10-12-15-23)30(36)27-24(34(27,6)7)16-25(36)44-20(3)38/h10-12,14-15,19,24-25,27-31,33H,9,13,16-18H2,1-8H3/t19-,24-,25+,27-,28+,29-,30-,31+,33-,35+,36+,37+/m0/s1. The van der Waals surface area contributed by atoms with E-state index in [2.05, 4.69) is 13.8 Å². The van der Waals surface area contributed by atoms with Gasteiger partial charge in [-0.3, -0.25) is 19.2 Å². The van der Waals surface area contributed by atoms with Crippen molar-refractivity contribution in [1.82, 2.24) is 0 Å². The van der Waals surface area contributed by atoms with Gasteiger partial charge in [-0.2, -0.15) is 0 Å². The SMILES string of the molecule is CCCC(=O)O[C@@H]1[C@@H]2[C@@H](OC(C)=O)[C@@]34CO[C@@](C)([C@H](OC(=O)c5ccccc5)[C@@]2(OC(C)=O)C[C@@H]1C)[C@@H]3[C@@H]1[C@H](C[C@H]4OC(C)=O)C1(C)C. The van der Waals surface area contributed by atoms with Crippen molar-refractivity contribution in [2.75, 3.05) is 6.61 Å². The molecule has 0 N–H and O–H groups in total. The highest BCUT2D eigenvalue weighted by atomic mass is 16.6. The van der Waals surface area contributed by atoms with Gasteiger partial charge in [-0.1, -0.05) is 45.9 Å². The number of carbonyl (C=O) groups excluding carboxylic acids is 5. The molecule has 0 aromatic heterocycles. The van der Waals surface area contributed by atoms with Crippen LogP contribution in [0, 0.1) is 40.4 Å². The number of esters is 5. The maximum absolute atomic E-state index is 14.1. The van der Waals surface area contributed by atoms with E-state index in [-0.39, 0.29) is 36.7 Å². The fourth-order valence-corrected chi connectivity index (χ4v) is 10.6. The molecule has 1 aliphatic heterocycles. The second-order valence-corrected chi connectivity index (χ2v) is 15.5. The van der Waals surface area contributed by atoms with Crippen LogP contribution >= 0.6 is 0 Å². The van der Waals surface area contributed by atoms with Crippen LogP contribution in [-0.4, -0.2) is 72.1 Å². The Morgan fingerprint density at radius 3 is 2.15 bits per heavy atom. The van der Waals surface area contributed by atoms with Gasteiger partial charge in [0.15, 0.2) is 11.7 Å². The first kappa shape index (κ1) is 34.4. The second kappa shape index (κ2) is 11.8. The molecule has 1 aromatic rings. The first-order chi connectivity index (χ1) is 22.5. The molecule has 0 spiro atoms. The molecule has 262 valence electrons. The third-order valence-electron chi connectivity index (χ3n) is 12.2. The van der Waals surface area contributed by atoms with Gasteiger partial charge in [0, 0.05) is 33.1 Å². The first-order valence-electron chi connectivity index (χ1n) is 17.2. The average molecular weight is 669 g/mol. The van der Waals surface area contributed by atoms with Crippen molar-refractivity contribution in [3.8, 4) is 0 Å². The number of carbonyl (C=O) groups is 5. The van der Waals surface area contributed by atoms with Crippen LogP contribution in [0.1, 0.15) is 91.4 Å². The molecular weight excluding hydrogens is 620 g/mol. The third-order valence-corrected chi connectivity index (χ3v) is 12.2. The Labute approximate surface area is 281 Å². The van der Waals surface area contributed by atoms with Crippen LogP contribution in [-0.2, 0) is 47.6 Å². The summed E-state index contributed by atoms with van der Waals surface area (Å²) in [5.74, 6) is -4.56. The third kappa shape index (κ3) is 5.05. The van der Waals surface area contributed by atoms with Gasteiger partial charge in [-0.25, -0.2) is 4.79 Å². The lowest BCUT2D eigenvalue weighted by Gasteiger charge is -2.50. The van der Waals surface area contributed by atoms with Crippen molar-refractivity contribution in [3.63, 3.8) is 0 Å². The van der Waals surface area contributed by atoms with Gasteiger partial charge in [0.25, 0.3) is 0 Å². The topological polar surface area (TPSA) is 141 Å². The van der Waals surface area contributed by atoms with Gasteiger partial charge in [-0.15, -0.1) is 0 Å². The number of benzene rings is 1. The van der Waals surface area contributed by atoms with Crippen LogP contribution < -0.4 is 0 Å². The highest BCUT2D eigenvalue weighted by Gasteiger charge is 2.86. The Balaban J connectivity index is 1.65. The minimum absolute atomic E-state index is 0.000451. The quantitative estimate of drug-likeness (QED) is 0.278. The Morgan fingerprint density at radius 2 is 1.54 bits per heavy atom. The van der Waals surface area contributed by atoms with E-state index in [4.69, 9.17) is 28.4 Å². The summed E-state index contributed by atoms with van der Waals surface area (Å²) in [5.41, 5.74) is -4.02. The fourth-order valence-electron chi connectivity index (χ4n) is 10.6. The molecule has 0 amide bonds. The van der Waals surface area contributed by atoms with Crippen LogP contribution in [0.25, 0.3) is 0 Å². The molecule has 5 fully saturated rings. The molecule has 4 saturated carbocycles. The minimum atomic E-state index is -1.65. The normalized spacial score (nSPS) is 41.4. The molecule has 48 heavy (non-hydrogen) atoms. The lowest BCUT2D eigenvalue weighted by Crippen LogP contribution is -2.64. The van der Waals surface area contributed by atoms with Crippen LogP contribution in [0.5, 0.6) is 0 Å². The maximum atomic E-state index is 14.1. The van der Waals surface area contributed by atoms with E-state index in [9.17, 15) is 24.0 Å². The van der Waals surface area contributed by atoms with Crippen LogP contribution in [0.15, 0.2) is 30.3 Å². The first-order valence-corrected chi connectivity index (χ1v) is 17.2. The molecular formula is C37H48O11. The largest absolute Gasteiger partial charge is 0.462 e. The summed E-state index contributed by atoms with van der Waals surface area (Å²) in [7, 11) is 0. The maximum Gasteiger partial charge on any atom is 0.338 e. The molecule has 12 atom stereocenters. The van der Waals surface area contributed by atoms with E-state index in [1.54, 1.807) is 30.3 Å². The van der Waals surface area contributed by atoms with Crippen molar-refractivity contribution in [2.24, 2.45) is 40.4 Å². The lowest BCUT2D eigenvalue weighted by molar-refractivity contribution is -0.240. The summed E-state index contributed by atoms with van der Waals surface area (Å²) >= 11 is 0. The molecule has 4 aliphatic carbocycles. The van der Waals surface area contributed by atoms with Crippen molar-refractivity contribution in [1.29, 1.82) is 0 Å². The highest BCUT2D eigenvalue weighted by Crippen LogP contribution is 2.79. The average Bonchev–Trinajstić information content (AvgIpc) is 3.25. The molecule has 5 aliphatic rings. The fraction of sp³-hybridized carbons (Fsp3) is 0.703. The van der Waals surface area contributed by atoms with Gasteiger partial charge in [-0.05, 0) is 61.5 Å². The Bertz CT molecular complexity index is 1490. The zero-order chi connectivity index (χ0) is 35.0. The minimum Gasteiger partial charge on any atom is -0.462 e. The number of hydrogen-bond acceptors (Lipinski definition) is 11. The lowest BCUT2D eigenvalue weighted by atomic mass is 9.57.